The summed E-state index contributed by atoms with van der Waals surface area (Å²) in [6, 6.07) is 0. The van der Waals surface area contributed by atoms with Crippen LogP contribution in [0.4, 0.5) is 4.79 Å². The molecule has 0 atom stereocenters. The second-order valence-corrected chi connectivity index (χ2v) is 3.85. The molecule has 1 heterocycles. The largest absolute Gasteiger partial charge is 0.472 e. The number of amides is 1. The number of methoxy groups -OCH3 is 2. The topological polar surface area (TPSA) is 94.8 Å². The number of hydrogen-bond donors (Lipinski definition) is 1. The van der Waals surface area contributed by atoms with E-state index in [2.05, 4.69) is 20.4 Å². The molecular formula is C8H12N4O4S. The molecule has 0 radical (unpaired) electrons. The highest BCUT2D eigenvalue weighted by Gasteiger charge is 2.07. The fourth-order valence-electron chi connectivity index (χ4n) is 0.908. The zero-order chi connectivity index (χ0) is 12.8. The molecule has 0 aliphatic rings. The van der Waals surface area contributed by atoms with Crippen molar-refractivity contribution in [2.75, 3.05) is 14.2 Å². The van der Waals surface area contributed by atoms with Gasteiger partial charge < -0.3 is 9.47 Å². The number of nitrogens with zero attached hydrogens (tertiary/aromatic N) is 3. The molecule has 17 heavy (non-hydrogen) atoms. The van der Waals surface area contributed by atoms with Crippen molar-refractivity contribution in [3.8, 4) is 5.19 Å². The fourth-order valence-corrected chi connectivity index (χ4v) is 1.49. The van der Waals surface area contributed by atoms with Gasteiger partial charge in [0, 0.05) is 0 Å². The highest BCUT2D eigenvalue weighted by Crippen LogP contribution is 2.07. The van der Waals surface area contributed by atoms with E-state index in [1.54, 1.807) is 6.92 Å². The first-order valence-electron chi connectivity index (χ1n) is 4.56. The summed E-state index contributed by atoms with van der Waals surface area (Å²) in [5.74, 6) is 0. The Kier molecular flexibility index (Phi) is 4.64. The van der Waals surface area contributed by atoms with Gasteiger partial charge in [-0.1, -0.05) is 0 Å². The quantitative estimate of drug-likeness (QED) is 0.609. The average molecular weight is 260 g/mol. The summed E-state index contributed by atoms with van der Waals surface area (Å²) in [5, 5.41) is 7.90. The molecule has 0 spiro atoms. The van der Waals surface area contributed by atoms with Crippen LogP contribution < -0.4 is 15.0 Å². The SMILES string of the molecule is COC(=O)NN=C(C)Cn1nc(OC)sc1=O. The van der Waals surface area contributed by atoms with Crippen molar-refractivity contribution in [2.45, 2.75) is 13.5 Å². The molecule has 9 heteroatoms. The molecule has 94 valence electrons. The number of carbonyl (C=O) groups is 1. The monoisotopic (exact) mass is 260 g/mol. The first-order chi connectivity index (χ1) is 8.06. The van der Waals surface area contributed by atoms with E-state index in [0.29, 0.717) is 5.71 Å². The van der Waals surface area contributed by atoms with E-state index in [0.717, 1.165) is 11.3 Å². The molecule has 1 amide bonds. The van der Waals surface area contributed by atoms with E-state index in [1.165, 1.54) is 18.9 Å². The lowest BCUT2D eigenvalue weighted by atomic mass is 10.4. The number of hydrogen-bond acceptors (Lipinski definition) is 7. The molecule has 0 aliphatic heterocycles. The minimum absolute atomic E-state index is 0.169. The Balaban J connectivity index is 2.67. The molecule has 0 bridgehead atoms. The van der Waals surface area contributed by atoms with Crippen molar-refractivity contribution >= 4 is 23.1 Å². The Labute approximate surface area is 101 Å². The Hall–Kier alpha value is -1.90. The van der Waals surface area contributed by atoms with Gasteiger partial charge in [-0.3, -0.25) is 4.79 Å². The standard InChI is InChI=1S/C8H12N4O4S/c1-5(9-10-6(13)15-2)4-12-8(14)17-7(11-12)16-3/h4H2,1-3H3,(H,10,13). The molecule has 1 aromatic heterocycles. The molecule has 0 fully saturated rings. The molecule has 8 nitrogen and oxygen atoms in total. The Morgan fingerprint density at radius 2 is 2.29 bits per heavy atom. The van der Waals surface area contributed by atoms with Gasteiger partial charge in [-0.2, -0.15) is 5.10 Å². The second kappa shape index (κ2) is 5.99. The summed E-state index contributed by atoms with van der Waals surface area (Å²) in [6.45, 7) is 1.82. The van der Waals surface area contributed by atoms with Crippen LogP contribution in [0.5, 0.6) is 5.19 Å². The molecule has 0 unspecified atom stereocenters. The van der Waals surface area contributed by atoms with Gasteiger partial charge in [0.25, 0.3) is 5.19 Å². The highest BCUT2D eigenvalue weighted by atomic mass is 32.1. The summed E-state index contributed by atoms with van der Waals surface area (Å²) in [5.41, 5.74) is 2.65. The summed E-state index contributed by atoms with van der Waals surface area (Å²) in [4.78, 5) is 21.9. The van der Waals surface area contributed by atoms with Gasteiger partial charge in [0.2, 0.25) is 0 Å². The third-order valence-electron chi connectivity index (χ3n) is 1.66. The van der Waals surface area contributed by atoms with Gasteiger partial charge in [0.1, 0.15) is 0 Å². The van der Waals surface area contributed by atoms with Gasteiger partial charge in [-0.25, -0.2) is 14.9 Å². The summed E-state index contributed by atoms with van der Waals surface area (Å²) < 4.78 is 10.4. The van der Waals surface area contributed by atoms with Crippen LogP contribution in [-0.2, 0) is 11.3 Å². The lowest BCUT2D eigenvalue weighted by Gasteiger charge is -2.00. The maximum Gasteiger partial charge on any atom is 0.427 e. The van der Waals surface area contributed by atoms with Crippen LogP contribution in [0.15, 0.2) is 9.90 Å². The van der Waals surface area contributed by atoms with Crippen molar-refractivity contribution in [3.05, 3.63) is 9.67 Å². The predicted molar refractivity (Wildman–Crippen MR) is 61.6 cm³/mol. The molecule has 1 rings (SSSR count). The summed E-state index contributed by atoms with van der Waals surface area (Å²) in [7, 11) is 2.67. The minimum atomic E-state index is -0.674. The van der Waals surface area contributed by atoms with Crippen molar-refractivity contribution in [3.63, 3.8) is 0 Å². The van der Waals surface area contributed by atoms with Crippen LogP contribution in [0, 0.1) is 0 Å². The van der Waals surface area contributed by atoms with Crippen LogP contribution >= 0.6 is 11.3 Å². The molecule has 0 aliphatic carbocycles. The first-order valence-corrected chi connectivity index (χ1v) is 5.37. The highest BCUT2D eigenvalue weighted by molar-refractivity contribution is 7.10. The number of hydrazone groups is 1. The maximum absolute atomic E-state index is 11.4. The Morgan fingerprint density at radius 3 is 2.82 bits per heavy atom. The zero-order valence-electron chi connectivity index (χ0n) is 9.59. The van der Waals surface area contributed by atoms with Crippen LogP contribution in [0.2, 0.25) is 0 Å². The number of rotatable bonds is 4. The normalized spacial score (nSPS) is 11.1. The molecule has 1 aromatic rings. The predicted octanol–water partition coefficient (Wildman–Crippen LogP) is 0.0453. The van der Waals surface area contributed by atoms with Crippen LogP contribution in [-0.4, -0.2) is 35.8 Å². The van der Waals surface area contributed by atoms with Gasteiger partial charge in [0.15, 0.2) is 0 Å². The smallest absolute Gasteiger partial charge is 0.427 e. The average Bonchev–Trinajstić information content (AvgIpc) is 2.67. The lowest BCUT2D eigenvalue weighted by molar-refractivity contribution is 0.171. The molecule has 0 saturated heterocycles. The number of nitrogens with one attached hydrogen (secondary N) is 1. The van der Waals surface area contributed by atoms with Crippen LogP contribution in [0.1, 0.15) is 6.92 Å². The van der Waals surface area contributed by atoms with E-state index >= 15 is 0 Å². The number of ether oxygens (including phenoxy) is 2. The van der Waals surface area contributed by atoms with Gasteiger partial charge in [-0.05, 0) is 18.3 Å². The van der Waals surface area contributed by atoms with Crippen molar-refractivity contribution in [2.24, 2.45) is 5.10 Å². The zero-order valence-corrected chi connectivity index (χ0v) is 10.4. The third-order valence-corrected chi connectivity index (χ3v) is 2.47. The van der Waals surface area contributed by atoms with E-state index in [-0.39, 0.29) is 16.6 Å². The third kappa shape index (κ3) is 3.87. The van der Waals surface area contributed by atoms with Crippen LogP contribution in [0.3, 0.4) is 0 Å². The fraction of sp³-hybridized carbons (Fsp3) is 0.500. The Morgan fingerprint density at radius 1 is 1.59 bits per heavy atom. The molecule has 0 saturated carbocycles. The van der Waals surface area contributed by atoms with E-state index in [4.69, 9.17) is 4.74 Å². The maximum atomic E-state index is 11.4. The van der Waals surface area contributed by atoms with Crippen LogP contribution in [0.25, 0.3) is 0 Å². The number of aromatic nitrogens is 2. The first kappa shape index (κ1) is 13.2. The van der Waals surface area contributed by atoms with Gasteiger partial charge >= 0.3 is 11.0 Å². The molecule has 0 aromatic carbocycles. The van der Waals surface area contributed by atoms with E-state index in [9.17, 15) is 9.59 Å². The molecule has 1 N–H and O–H groups in total. The van der Waals surface area contributed by atoms with E-state index in [1.807, 2.05) is 0 Å². The van der Waals surface area contributed by atoms with Crippen molar-refractivity contribution < 1.29 is 14.3 Å². The minimum Gasteiger partial charge on any atom is -0.472 e. The second-order valence-electron chi connectivity index (χ2n) is 2.95. The van der Waals surface area contributed by atoms with E-state index < -0.39 is 6.09 Å². The van der Waals surface area contributed by atoms with Gasteiger partial charge in [-0.15, -0.1) is 5.10 Å². The number of carbonyl (C=O) groups excluding carboxylic acids is 1. The summed E-state index contributed by atoms with van der Waals surface area (Å²) >= 11 is 0.892. The molecular weight excluding hydrogens is 248 g/mol. The lowest BCUT2D eigenvalue weighted by Crippen LogP contribution is -2.23. The van der Waals surface area contributed by atoms with Crippen molar-refractivity contribution in [1.82, 2.24) is 15.2 Å². The Bertz CT molecular complexity index is 478. The summed E-state index contributed by atoms with van der Waals surface area (Å²) in [6.07, 6.45) is -0.674. The van der Waals surface area contributed by atoms with Crippen molar-refractivity contribution in [1.29, 1.82) is 0 Å². The van der Waals surface area contributed by atoms with Gasteiger partial charge in [0.05, 0.1) is 26.5 Å².